The van der Waals surface area contributed by atoms with Crippen molar-refractivity contribution in [3.63, 3.8) is 0 Å². The van der Waals surface area contributed by atoms with E-state index >= 15 is 0 Å². The van der Waals surface area contributed by atoms with E-state index in [0.717, 1.165) is 178 Å². The minimum Gasteiger partial charge on any atom is -0.455 e. The molecule has 119 heavy (non-hydrogen) atoms. The van der Waals surface area contributed by atoms with Crippen LogP contribution in [0.2, 0.25) is 0 Å². The van der Waals surface area contributed by atoms with Crippen LogP contribution < -0.4 is 19.6 Å². The molecule has 0 aliphatic heterocycles. The highest BCUT2D eigenvalue weighted by Crippen LogP contribution is 2.53. The number of aromatic nitrogens is 2. The predicted molar refractivity (Wildman–Crippen MR) is 498 cm³/mol. The molecule has 0 fully saturated rings. The van der Waals surface area contributed by atoms with Gasteiger partial charge in [-0.2, -0.15) is 0 Å². The molecule has 0 N–H and O–H groups in total. The summed E-state index contributed by atoms with van der Waals surface area (Å²) >= 11 is 0. The minimum absolute atomic E-state index is 0.122. The van der Waals surface area contributed by atoms with Crippen molar-refractivity contribution in [3.8, 4) is 33.6 Å². The number of fused-ring (bicyclic) bond motifs is 17. The van der Waals surface area contributed by atoms with Crippen LogP contribution in [0.15, 0.2) is 446 Å². The van der Waals surface area contributed by atoms with Gasteiger partial charge in [-0.05, 0) is 252 Å². The molecule has 0 unspecified atom stereocenters. The molecule has 1 aliphatic carbocycles. The highest BCUT2D eigenvalue weighted by molar-refractivity contribution is 6.26. The zero-order valence-corrected chi connectivity index (χ0v) is 65.6. The lowest BCUT2D eigenvalue weighted by Crippen LogP contribution is -2.16. The van der Waals surface area contributed by atoms with Crippen molar-refractivity contribution in [2.24, 2.45) is 0 Å². The highest BCUT2D eigenvalue weighted by atomic mass is 16.3. The van der Waals surface area contributed by atoms with Crippen LogP contribution in [0.3, 0.4) is 0 Å². The van der Waals surface area contributed by atoms with Gasteiger partial charge in [0, 0.05) is 117 Å². The molecule has 564 valence electrons. The number of hydrogen-bond acceptors (Lipinski definition) is 6. The summed E-state index contributed by atoms with van der Waals surface area (Å²) in [6.07, 6.45) is 0. The third-order valence-electron chi connectivity index (χ3n) is 23.9. The summed E-state index contributed by atoms with van der Waals surface area (Å²) in [5.41, 5.74) is 30.9. The summed E-state index contributed by atoms with van der Waals surface area (Å²) in [7, 11) is 0. The Hall–Kier alpha value is -15.6. The van der Waals surface area contributed by atoms with E-state index in [1.165, 1.54) is 22.3 Å². The van der Waals surface area contributed by atoms with Gasteiger partial charge in [-0.1, -0.05) is 232 Å². The molecule has 23 rings (SSSR count). The molecule has 4 heterocycles. The third kappa shape index (κ3) is 12.1. The van der Waals surface area contributed by atoms with E-state index in [1.54, 1.807) is 0 Å². The Kier molecular flexibility index (Phi) is 17.1. The Bertz CT molecular complexity index is 7430. The molecule has 1 aliphatic rings. The van der Waals surface area contributed by atoms with Gasteiger partial charge >= 0.3 is 0 Å². The predicted octanol–water partition coefficient (Wildman–Crippen LogP) is 31.2. The van der Waals surface area contributed by atoms with Crippen LogP contribution in [0.1, 0.15) is 25.0 Å². The number of nitrogens with zero attached hydrogens (tertiary/aromatic N) is 6. The summed E-state index contributed by atoms with van der Waals surface area (Å²) in [4.78, 5) is 9.32. The van der Waals surface area contributed by atoms with E-state index in [-0.39, 0.29) is 5.41 Å². The van der Waals surface area contributed by atoms with Crippen LogP contribution in [0.25, 0.3) is 121 Å². The summed E-state index contributed by atoms with van der Waals surface area (Å²) in [6.45, 7) is 4.70. The molecule has 0 saturated heterocycles. The van der Waals surface area contributed by atoms with Crippen molar-refractivity contribution in [2.75, 3.05) is 19.6 Å². The number of rotatable bonds is 15. The zero-order chi connectivity index (χ0) is 79.1. The van der Waals surface area contributed by atoms with E-state index in [2.05, 4.69) is 467 Å². The zero-order valence-electron chi connectivity index (χ0n) is 65.6. The fraction of sp³-hybridized carbons (Fsp3) is 0.0270. The van der Waals surface area contributed by atoms with Gasteiger partial charge in [-0.15, -0.1) is 0 Å². The van der Waals surface area contributed by atoms with Crippen molar-refractivity contribution >= 4 is 156 Å². The molecule has 8 heteroatoms. The molecule has 4 aromatic heterocycles. The highest BCUT2D eigenvalue weighted by Gasteiger charge is 2.36. The van der Waals surface area contributed by atoms with E-state index in [0.29, 0.717) is 0 Å². The monoisotopic (exact) mass is 1530 g/mol. The summed E-state index contributed by atoms with van der Waals surface area (Å²) in [5.74, 6) is 0. The van der Waals surface area contributed by atoms with Gasteiger partial charge in [0.25, 0.3) is 0 Å². The third-order valence-corrected chi connectivity index (χ3v) is 23.9. The first-order valence-corrected chi connectivity index (χ1v) is 40.7. The lowest BCUT2D eigenvalue weighted by molar-refractivity contribution is 0.660. The maximum atomic E-state index is 6.81. The van der Waals surface area contributed by atoms with Crippen LogP contribution in [-0.2, 0) is 5.41 Å². The molecular weight excluding hydrogens is 1450 g/mol. The van der Waals surface area contributed by atoms with Crippen molar-refractivity contribution < 1.29 is 8.83 Å². The molecule has 0 amide bonds. The molecule has 0 saturated carbocycles. The van der Waals surface area contributed by atoms with E-state index in [9.17, 15) is 0 Å². The van der Waals surface area contributed by atoms with Crippen molar-refractivity contribution in [3.05, 3.63) is 448 Å². The van der Waals surface area contributed by atoms with Crippen LogP contribution in [-0.4, -0.2) is 9.13 Å². The lowest BCUT2D eigenvalue weighted by Gasteiger charge is -2.28. The normalized spacial score (nSPS) is 12.2. The second-order valence-corrected chi connectivity index (χ2v) is 31.1. The Morgan fingerprint density at radius 2 is 0.571 bits per heavy atom. The van der Waals surface area contributed by atoms with Crippen molar-refractivity contribution in [2.45, 2.75) is 19.3 Å². The first kappa shape index (κ1) is 70.0. The standard InChI is InChI=1S/C57H41N3O.C54H37N3O/c1-57(2)50-24-14-12-22-45(50)46-32-30-44(37-51(46)57)59(40-20-10-5-11-21-40)43-31-34-52-49(36-43)55-53(35-33-48-47-23-13-15-25-54(47)61-56(48)55)60(52)42-28-26-41(27-29-42)58(38-16-6-3-7-17-38)39-18-8-4-9-19-39;1-5-17-40(18-6-1)55(41-19-7-2-8-20-41)44-30-28-38(29-31-44)39-16-15-25-45(36-39)57-50-35-34-48-47-26-13-14-27-52(47)58-54(48)53(50)49-33-32-46(37-51(49)57)56(42-21-9-3-10-22-42)43-23-11-4-12-24-43/h3-37H,1-2H3;1-37H. The molecule has 0 atom stereocenters. The molecule has 22 aromatic rings. The Labute approximate surface area is 689 Å². The first-order valence-electron chi connectivity index (χ1n) is 40.7. The smallest absolute Gasteiger partial charge is 0.145 e. The van der Waals surface area contributed by atoms with Gasteiger partial charge in [-0.25, -0.2) is 0 Å². The lowest BCUT2D eigenvalue weighted by atomic mass is 9.82. The average Bonchev–Trinajstić information content (AvgIpc) is 1.53. The molecule has 0 bridgehead atoms. The van der Waals surface area contributed by atoms with E-state index < -0.39 is 0 Å². The number of benzene rings is 18. The quantitative estimate of drug-likeness (QED) is 0.102. The van der Waals surface area contributed by atoms with Crippen LogP contribution in [0.5, 0.6) is 0 Å². The molecule has 8 nitrogen and oxygen atoms in total. The summed E-state index contributed by atoms with van der Waals surface area (Å²) < 4.78 is 18.3. The van der Waals surface area contributed by atoms with E-state index in [4.69, 9.17) is 8.83 Å². The molecule has 18 aromatic carbocycles. The van der Waals surface area contributed by atoms with Gasteiger partial charge < -0.3 is 37.6 Å². The number of para-hydroxylation sites is 9. The largest absolute Gasteiger partial charge is 0.455 e. The number of furan rings is 2. The SMILES string of the molecule is CC1(C)c2ccccc2-c2ccc(N(c3ccccc3)c3ccc4c(c3)c3c5oc6ccccc6c5ccc3n4-c3ccc(N(c4ccccc4)c4ccccc4)cc3)cc21.c1ccc(N(c2ccccc2)c2ccc(-c3cccc(-n4c5cc(N(c6ccccc6)c6ccccc6)ccc5c5c6oc7ccccc7c6ccc54)c3)cc2)cc1. The van der Waals surface area contributed by atoms with Gasteiger partial charge in [0.2, 0.25) is 0 Å². The summed E-state index contributed by atoms with van der Waals surface area (Å²) in [5, 5.41) is 8.96. The van der Waals surface area contributed by atoms with Gasteiger partial charge in [-0.3, -0.25) is 0 Å². The Balaban J connectivity index is 0.000000143. The van der Waals surface area contributed by atoms with Crippen molar-refractivity contribution in [1.29, 1.82) is 0 Å². The molecule has 0 radical (unpaired) electrons. The number of hydrogen-bond donors (Lipinski definition) is 0. The van der Waals surface area contributed by atoms with Gasteiger partial charge in [0.1, 0.15) is 22.3 Å². The number of anilines is 12. The average molecular weight is 1530 g/mol. The van der Waals surface area contributed by atoms with Gasteiger partial charge in [0.05, 0.1) is 32.8 Å². The maximum Gasteiger partial charge on any atom is 0.145 e. The fourth-order valence-corrected chi connectivity index (χ4v) is 18.4. The minimum atomic E-state index is -0.122. The fourth-order valence-electron chi connectivity index (χ4n) is 18.4. The van der Waals surface area contributed by atoms with Crippen LogP contribution >= 0.6 is 0 Å². The van der Waals surface area contributed by atoms with Gasteiger partial charge in [0.15, 0.2) is 0 Å². The van der Waals surface area contributed by atoms with E-state index in [1.807, 2.05) is 12.1 Å². The second kappa shape index (κ2) is 29.0. The second-order valence-electron chi connectivity index (χ2n) is 31.1. The van der Waals surface area contributed by atoms with Crippen LogP contribution in [0, 0.1) is 0 Å². The summed E-state index contributed by atoms with van der Waals surface area (Å²) in [6, 6.07) is 156. The Morgan fingerprint density at radius 1 is 0.210 bits per heavy atom. The molecule has 0 spiro atoms. The van der Waals surface area contributed by atoms with Crippen LogP contribution in [0.4, 0.5) is 68.2 Å². The Morgan fingerprint density at radius 3 is 1.08 bits per heavy atom. The topological polar surface area (TPSA) is 49.1 Å². The maximum absolute atomic E-state index is 6.81. The molecular formula is C111H78N6O2. The van der Waals surface area contributed by atoms with Crippen molar-refractivity contribution in [1.82, 2.24) is 9.13 Å². The first-order chi connectivity index (χ1) is 58.8.